The summed E-state index contributed by atoms with van der Waals surface area (Å²) in [6.07, 6.45) is 3.30. The van der Waals surface area contributed by atoms with Gasteiger partial charge in [0.25, 0.3) is 5.91 Å². The summed E-state index contributed by atoms with van der Waals surface area (Å²) in [7, 11) is 1.31. The lowest BCUT2D eigenvalue weighted by Gasteiger charge is -2.10. The molecule has 0 radical (unpaired) electrons. The maximum atomic E-state index is 12.4. The van der Waals surface area contributed by atoms with Crippen molar-refractivity contribution in [3.8, 4) is 5.75 Å². The van der Waals surface area contributed by atoms with Crippen molar-refractivity contribution in [2.75, 3.05) is 19.0 Å². The van der Waals surface area contributed by atoms with Crippen LogP contribution < -0.4 is 10.1 Å². The Morgan fingerprint density at radius 2 is 1.72 bits per heavy atom. The lowest BCUT2D eigenvalue weighted by Crippen LogP contribution is -2.15. The summed E-state index contributed by atoms with van der Waals surface area (Å²) >= 11 is 0. The molecule has 0 heterocycles. The van der Waals surface area contributed by atoms with E-state index < -0.39 is 5.97 Å². The molecule has 2 aromatic carbocycles. The third-order valence-electron chi connectivity index (χ3n) is 3.71. The third-order valence-corrected chi connectivity index (χ3v) is 3.71. The zero-order valence-electron chi connectivity index (χ0n) is 14.6. The predicted octanol–water partition coefficient (Wildman–Crippen LogP) is 4.29. The van der Waals surface area contributed by atoms with Crippen molar-refractivity contribution in [3.63, 3.8) is 0 Å². The predicted molar refractivity (Wildman–Crippen MR) is 97.2 cm³/mol. The molecule has 0 aliphatic carbocycles. The Morgan fingerprint density at radius 3 is 2.40 bits per heavy atom. The van der Waals surface area contributed by atoms with Crippen LogP contribution in [-0.4, -0.2) is 25.6 Å². The summed E-state index contributed by atoms with van der Waals surface area (Å²) in [4.78, 5) is 24.1. The van der Waals surface area contributed by atoms with Crippen LogP contribution in [0.25, 0.3) is 0 Å². The molecule has 0 fully saturated rings. The van der Waals surface area contributed by atoms with Gasteiger partial charge in [0.2, 0.25) is 0 Å². The summed E-state index contributed by atoms with van der Waals surface area (Å²) in [6.45, 7) is 2.82. The van der Waals surface area contributed by atoms with Crippen molar-refractivity contribution in [2.24, 2.45) is 0 Å². The van der Waals surface area contributed by atoms with E-state index in [-0.39, 0.29) is 5.91 Å². The standard InChI is InChI=1S/C20H23NO4/c1-3-4-7-14-25-16-12-10-15(11-13-16)19(22)21-18-9-6-5-8-17(18)20(23)24-2/h5-6,8-13H,3-4,7,14H2,1-2H3,(H,21,22). The van der Waals surface area contributed by atoms with Gasteiger partial charge in [-0.05, 0) is 42.8 Å². The number of carbonyl (C=O) groups excluding carboxylic acids is 2. The molecule has 25 heavy (non-hydrogen) atoms. The van der Waals surface area contributed by atoms with Crippen LogP contribution in [-0.2, 0) is 4.74 Å². The Bertz CT molecular complexity index is 710. The molecule has 0 saturated carbocycles. The summed E-state index contributed by atoms with van der Waals surface area (Å²) < 4.78 is 10.4. The minimum Gasteiger partial charge on any atom is -0.494 e. The van der Waals surface area contributed by atoms with E-state index in [4.69, 9.17) is 9.47 Å². The van der Waals surface area contributed by atoms with E-state index in [9.17, 15) is 9.59 Å². The van der Waals surface area contributed by atoms with E-state index in [1.165, 1.54) is 7.11 Å². The summed E-state index contributed by atoms with van der Waals surface area (Å²) in [6, 6.07) is 13.7. The molecule has 1 N–H and O–H groups in total. The number of rotatable bonds is 8. The van der Waals surface area contributed by atoms with Crippen molar-refractivity contribution in [1.29, 1.82) is 0 Å². The minimum atomic E-state index is -0.494. The Labute approximate surface area is 148 Å². The molecule has 0 aromatic heterocycles. The molecule has 1 amide bonds. The van der Waals surface area contributed by atoms with Gasteiger partial charge in [-0.25, -0.2) is 4.79 Å². The van der Waals surface area contributed by atoms with Crippen LogP contribution in [0, 0.1) is 0 Å². The van der Waals surface area contributed by atoms with Crippen molar-refractivity contribution >= 4 is 17.6 Å². The molecular formula is C20H23NO4. The normalized spacial score (nSPS) is 10.2. The number of nitrogens with one attached hydrogen (secondary N) is 1. The van der Waals surface area contributed by atoms with Crippen LogP contribution in [0.4, 0.5) is 5.69 Å². The first-order chi connectivity index (χ1) is 12.2. The van der Waals surface area contributed by atoms with Gasteiger partial charge in [-0.2, -0.15) is 0 Å². The van der Waals surface area contributed by atoms with Crippen LogP contribution in [0.5, 0.6) is 5.75 Å². The number of anilines is 1. The molecule has 0 aliphatic heterocycles. The maximum absolute atomic E-state index is 12.4. The molecule has 132 valence electrons. The molecular weight excluding hydrogens is 318 g/mol. The minimum absolute atomic E-state index is 0.297. The molecule has 0 spiro atoms. The highest BCUT2D eigenvalue weighted by atomic mass is 16.5. The Kier molecular flexibility index (Phi) is 7.01. The lowest BCUT2D eigenvalue weighted by atomic mass is 10.1. The Balaban J connectivity index is 2.01. The fourth-order valence-electron chi connectivity index (χ4n) is 2.32. The summed E-state index contributed by atoms with van der Waals surface area (Å²) in [5.41, 5.74) is 1.22. The maximum Gasteiger partial charge on any atom is 0.339 e. The van der Waals surface area contributed by atoms with Gasteiger partial charge in [-0.15, -0.1) is 0 Å². The summed E-state index contributed by atoms with van der Waals surface area (Å²) in [5, 5.41) is 2.74. The largest absolute Gasteiger partial charge is 0.494 e. The number of hydrogen-bond acceptors (Lipinski definition) is 4. The number of carbonyl (C=O) groups is 2. The van der Waals surface area contributed by atoms with Gasteiger partial charge in [0.1, 0.15) is 5.75 Å². The van der Waals surface area contributed by atoms with Gasteiger partial charge in [0.05, 0.1) is 25.0 Å². The Hall–Kier alpha value is -2.82. The van der Waals surface area contributed by atoms with Crippen LogP contribution >= 0.6 is 0 Å². The smallest absolute Gasteiger partial charge is 0.339 e. The number of ether oxygens (including phenoxy) is 2. The molecule has 0 saturated heterocycles. The number of unbranched alkanes of at least 4 members (excludes halogenated alkanes) is 2. The molecule has 2 aromatic rings. The van der Waals surface area contributed by atoms with E-state index >= 15 is 0 Å². The van der Waals surface area contributed by atoms with Crippen LogP contribution in [0.2, 0.25) is 0 Å². The van der Waals surface area contributed by atoms with Crippen molar-refractivity contribution in [2.45, 2.75) is 26.2 Å². The number of methoxy groups -OCH3 is 1. The van der Waals surface area contributed by atoms with Crippen molar-refractivity contribution < 1.29 is 19.1 Å². The fraction of sp³-hybridized carbons (Fsp3) is 0.300. The van der Waals surface area contributed by atoms with Crippen molar-refractivity contribution in [3.05, 3.63) is 59.7 Å². The number of hydrogen-bond donors (Lipinski definition) is 1. The number of benzene rings is 2. The zero-order chi connectivity index (χ0) is 18.1. The molecule has 0 aliphatic rings. The quantitative estimate of drug-likeness (QED) is 0.574. The van der Waals surface area contributed by atoms with E-state index in [1.54, 1.807) is 48.5 Å². The van der Waals surface area contributed by atoms with Crippen LogP contribution in [0.15, 0.2) is 48.5 Å². The highest BCUT2D eigenvalue weighted by Crippen LogP contribution is 2.18. The van der Waals surface area contributed by atoms with Gasteiger partial charge >= 0.3 is 5.97 Å². The van der Waals surface area contributed by atoms with E-state index in [2.05, 4.69) is 12.2 Å². The van der Waals surface area contributed by atoms with E-state index in [1.807, 2.05) is 0 Å². The lowest BCUT2D eigenvalue weighted by molar-refractivity contribution is 0.0602. The average molecular weight is 341 g/mol. The molecule has 0 atom stereocenters. The van der Waals surface area contributed by atoms with Crippen molar-refractivity contribution in [1.82, 2.24) is 0 Å². The van der Waals surface area contributed by atoms with Gasteiger partial charge in [-0.3, -0.25) is 4.79 Å². The third kappa shape index (κ3) is 5.35. The second-order valence-electron chi connectivity index (χ2n) is 5.57. The number of esters is 1. The van der Waals surface area contributed by atoms with E-state index in [0.29, 0.717) is 23.4 Å². The van der Waals surface area contributed by atoms with Gasteiger partial charge in [-0.1, -0.05) is 31.9 Å². The SMILES string of the molecule is CCCCCOc1ccc(C(=O)Nc2ccccc2C(=O)OC)cc1. The van der Waals surface area contributed by atoms with Gasteiger partial charge in [0, 0.05) is 5.56 Å². The second kappa shape index (κ2) is 9.47. The molecule has 5 nitrogen and oxygen atoms in total. The molecule has 2 rings (SSSR count). The highest BCUT2D eigenvalue weighted by molar-refractivity contribution is 6.08. The molecule has 0 unspecified atom stereocenters. The van der Waals surface area contributed by atoms with Crippen LogP contribution in [0.1, 0.15) is 46.9 Å². The first kappa shape index (κ1) is 18.5. The molecule has 5 heteroatoms. The van der Waals surface area contributed by atoms with Gasteiger partial charge < -0.3 is 14.8 Å². The first-order valence-electron chi connectivity index (χ1n) is 8.37. The van der Waals surface area contributed by atoms with E-state index in [0.717, 1.165) is 25.0 Å². The first-order valence-corrected chi connectivity index (χ1v) is 8.37. The Morgan fingerprint density at radius 1 is 1.00 bits per heavy atom. The number of amides is 1. The second-order valence-corrected chi connectivity index (χ2v) is 5.57. The zero-order valence-corrected chi connectivity index (χ0v) is 14.6. The average Bonchev–Trinajstić information content (AvgIpc) is 2.65. The number of para-hydroxylation sites is 1. The topological polar surface area (TPSA) is 64.6 Å². The fourth-order valence-corrected chi connectivity index (χ4v) is 2.32. The highest BCUT2D eigenvalue weighted by Gasteiger charge is 2.14. The monoisotopic (exact) mass is 341 g/mol. The van der Waals surface area contributed by atoms with Crippen LogP contribution in [0.3, 0.4) is 0 Å². The van der Waals surface area contributed by atoms with Gasteiger partial charge in [0.15, 0.2) is 0 Å². The summed E-state index contributed by atoms with van der Waals surface area (Å²) in [5.74, 6) is -0.0526. The molecule has 0 bridgehead atoms.